The Morgan fingerprint density at radius 3 is 2.50 bits per heavy atom. The number of hydrogen-bond donors (Lipinski definition) is 2. The summed E-state index contributed by atoms with van der Waals surface area (Å²) in [5, 5.41) is 6.80. The van der Waals surface area contributed by atoms with Crippen LogP contribution >= 0.6 is 12.4 Å². The molecule has 92 valence electrons. The second kappa shape index (κ2) is 5.86. The van der Waals surface area contributed by atoms with E-state index in [1.165, 1.54) is 0 Å². The highest BCUT2D eigenvalue weighted by molar-refractivity contribution is 5.95. The van der Waals surface area contributed by atoms with Crippen molar-refractivity contribution < 1.29 is 4.79 Å². The maximum Gasteiger partial charge on any atom is 0.241 e. The normalized spacial score (nSPS) is 12.1. The van der Waals surface area contributed by atoms with Crippen molar-refractivity contribution >= 4 is 24.0 Å². The number of aryl methyl sites for hydroxylation is 1. The van der Waals surface area contributed by atoms with E-state index >= 15 is 0 Å². The summed E-state index contributed by atoms with van der Waals surface area (Å²) in [4.78, 5) is 11.6. The molecule has 0 unspecified atom stereocenters. The van der Waals surface area contributed by atoms with Crippen LogP contribution < -0.4 is 11.1 Å². The van der Waals surface area contributed by atoms with E-state index in [-0.39, 0.29) is 24.2 Å². The first-order chi connectivity index (χ1) is 6.93. The Morgan fingerprint density at radius 1 is 1.56 bits per heavy atom. The molecule has 0 spiro atoms. The molecule has 0 saturated heterocycles. The minimum absolute atomic E-state index is 0. The van der Waals surface area contributed by atoms with Gasteiger partial charge in [-0.3, -0.25) is 9.48 Å². The van der Waals surface area contributed by atoms with Crippen LogP contribution in [0.2, 0.25) is 0 Å². The van der Waals surface area contributed by atoms with Gasteiger partial charge in [-0.25, -0.2) is 0 Å². The standard InChI is InChI=1S/C10H18N4O.ClH/c1-6(2)9(11)10(15)13-8-5-12-14(4)7(8)3;/h5-6,9H,11H2,1-4H3,(H,13,15);1H/t9-;/m1./s1. The molecule has 1 aromatic rings. The van der Waals surface area contributed by atoms with Crippen molar-refractivity contribution in [3.63, 3.8) is 0 Å². The Balaban J connectivity index is 0.00000225. The summed E-state index contributed by atoms with van der Waals surface area (Å²) in [6, 6.07) is -0.482. The van der Waals surface area contributed by atoms with Crippen LogP contribution in [0, 0.1) is 12.8 Å². The number of nitrogens with two attached hydrogens (primary N) is 1. The van der Waals surface area contributed by atoms with Gasteiger partial charge < -0.3 is 11.1 Å². The van der Waals surface area contributed by atoms with Crippen LogP contribution in [0.4, 0.5) is 5.69 Å². The quantitative estimate of drug-likeness (QED) is 0.838. The van der Waals surface area contributed by atoms with Crippen LogP contribution in [-0.2, 0) is 11.8 Å². The SMILES string of the molecule is Cc1c(NC(=O)[C@H](N)C(C)C)cnn1C.Cl. The van der Waals surface area contributed by atoms with Gasteiger partial charge in [-0.2, -0.15) is 5.10 Å². The van der Waals surface area contributed by atoms with Crippen LogP contribution in [0.5, 0.6) is 0 Å². The fourth-order valence-electron chi connectivity index (χ4n) is 1.14. The molecule has 0 aliphatic rings. The number of hydrogen-bond acceptors (Lipinski definition) is 3. The summed E-state index contributed by atoms with van der Waals surface area (Å²) >= 11 is 0. The Bertz CT molecular complexity index is 362. The highest BCUT2D eigenvalue weighted by atomic mass is 35.5. The predicted octanol–water partition coefficient (Wildman–Crippen LogP) is 1.07. The van der Waals surface area contributed by atoms with E-state index in [0.717, 1.165) is 11.4 Å². The molecule has 1 rings (SSSR count). The summed E-state index contributed by atoms with van der Waals surface area (Å²) < 4.78 is 1.70. The highest BCUT2D eigenvalue weighted by Crippen LogP contribution is 2.13. The van der Waals surface area contributed by atoms with Crippen molar-refractivity contribution in [2.75, 3.05) is 5.32 Å². The van der Waals surface area contributed by atoms with E-state index < -0.39 is 6.04 Å². The van der Waals surface area contributed by atoms with E-state index in [9.17, 15) is 4.79 Å². The lowest BCUT2D eigenvalue weighted by atomic mass is 10.1. The molecule has 6 heteroatoms. The number of amides is 1. The first kappa shape index (κ1) is 14.9. The number of nitrogens with one attached hydrogen (secondary N) is 1. The molecule has 1 aromatic heterocycles. The van der Waals surface area contributed by atoms with Crippen molar-refractivity contribution in [2.45, 2.75) is 26.8 Å². The van der Waals surface area contributed by atoms with Gasteiger partial charge in [-0.1, -0.05) is 13.8 Å². The van der Waals surface area contributed by atoms with E-state index in [2.05, 4.69) is 10.4 Å². The number of rotatable bonds is 3. The third-order valence-electron chi connectivity index (χ3n) is 2.51. The van der Waals surface area contributed by atoms with Gasteiger partial charge >= 0.3 is 0 Å². The summed E-state index contributed by atoms with van der Waals surface area (Å²) in [7, 11) is 1.83. The van der Waals surface area contributed by atoms with Crippen molar-refractivity contribution in [2.24, 2.45) is 18.7 Å². The first-order valence-electron chi connectivity index (χ1n) is 4.98. The van der Waals surface area contributed by atoms with Crippen molar-refractivity contribution in [1.29, 1.82) is 0 Å². The summed E-state index contributed by atoms with van der Waals surface area (Å²) in [6.45, 7) is 5.73. The van der Waals surface area contributed by atoms with E-state index in [0.29, 0.717) is 0 Å². The number of carbonyl (C=O) groups excluding carboxylic acids is 1. The lowest BCUT2D eigenvalue weighted by Gasteiger charge is -2.14. The zero-order chi connectivity index (χ0) is 11.6. The van der Waals surface area contributed by atoms with Gasteiger partial charge in [-0.15, -0.1) is 12.4 Å². The van der Waals surface area contributed by atoms with Gasteiger partial charge in [0.25, 0.3) is 0 Å². The van der Waals surface area contributed by atoms with Gasteiger partial charge in [-0.05, 0) is 12.8 Å². The summed E-state index contributed by atoms with van der Waals surface area (Å²) in [5.41, 5.74) is 7.36. The fraction of sp³-hybridized carbons (Fsp3) is 0.600. The maximum absolute atomic E-state index is 11.6. The lowest BCUT2D eigenvalue weighted by molar-refractivity contribution is -0.118. The molecule has 1 atom stereocenters. The second-order valence-corrected chi connectivity index (χ2v) is 4.03. The Labute approximate surface area is 102 Å². The van der Waals surface area contributed by atoms with Gasteiger partial charge in [0.05, 0.1) is 23.6 Å². The molecule has 1 amide bonds. The van der Waals surface area contributed by atoms with Gasteiger partial charge in [0.15, 0.2) is 0 Å². The minimum Gasteiger partial charge on any atom is -0.322 e. The molecular formula is C10H19ClN4O. The minimum atomic E-state index is -0.482. The largest absolute Gasteiger partial charge is 0.322 e. The molecule has 16 heavy (non-hydrogen) atoms. The maximum atomic E-state index is 11.6. The molecular weight excluding hydrogens is 228 g/mol. The zero-order valence-electron chi connectivity index (χ0n) is 10.0. The Hall–Kier alpha value is -1.07. The van der Waals surface area contributed by atoms with Crippen molar-refractivity contribution in [3.8, 4) is 0 Å². The fourth-order valence-corrected chi connectivity index (χ4v) is 1.14. The van der Waals surface area contributed by atoms with Crippen LogP contribution in [-0.4, -0.2) is 21.7 Å². The predicted molar refractivity (Wildman–Crippen MR) is 66.6 cm³/mol. The van der Waals surface area contributed by atoms with Crippen LogP contribution in [0.25, 0.3) is 0 Å². The molecule has 0 radical (unpaired) electrons. The zero-order valence-corrected chi connectivity index (χ0v) is 10.8. The number of nitrogens with zero attached hydrogens (tertiary/aromatic N) is 2. The van der Waals surface area contributed by atoms with E-state index in [4.69, 9.17) is 5.73 Å². The second-order valence-electron chi connectivity index (χ2n) is 4.03. The first-order valence-corrected chi connectivity index (χ1v) is 4.98. The third kappa shape index (κ3) is 3.21. The summed E-state index contributed by atoms with van der Waals surface area (Å²) in [6.07, 6.45) is 1.63. The topological polar surface area (TPSA) is 72.9 Å². The Kier molecular flexibility index (Phi) is 5.47. The van der Waals surface area contributed by atoms with E-state index in [1.807, 2.05) is 27.8 Å². The number of aromatic nitrogens is 2. The summed E-state index contributed by atoms with van der Waals surface area (Å²) in [5.74, 6) is -0.0388. The van der Waals surface area contributed by atoms with Crippen LogP contribution in [0.1, 0.15) is 19.5 Å². The molecule has 0 aliphatic heterocycles. The van der Waals surface area contributed by atoms with Crippen molar-refractivity contribution in [3.05, 3.63) is 11.9 Å². The Morgan fingerprint density at radius 2 is 2.12 bits per heavy atom. The van der Waals surface area contributed by atoms with Crippen LogP contribution in [0.3, 0.4) is 0 Å². The average Bonchev–Trinajstić information content (AvgIpc) is 2.48. The molecule has 3 N–H and O–H groups in total. The van der Waals surface area contributed by atoms with Gasteiger partial charge in [0, 0.05) is 7.05 Å². The average molecular weight is 247 g/mol. The number of anilines is 1. The monoisotopic (exact) mass is 246 g/mol. The highest BCUT2D eigenvalue weighted by Gasteiger charge is 2.18. The van der Waals surface area contributed by atoms with E-state index in [1.54, 1.807) is 10.9 Å². The number of halogens is 1. The van der Waals surface area contributed by atoms with Gasteiger partial charge in [0.1, 0.15) is 0 Å². The molecule has 0 bridgehead atoms. The third-order valence-corrected chi connectivity index (χ3v) is 2.51. The molecule has 0 saturated carbocycles. The molecule has 0 aromatic carbocycles. The molecule has 0 aliphatic carbocycles. The number of carbonyl (C=O) groups is 1. The van der Waals surface area contributed by atoms with Crippen molar-refractivity contribution in [1.82, 2.24) is 9.78 Å². The molecule has 1 heterocycles. The smallest absolute Gasteiger partial charge is 0.241 e. The molecule has 5 nitrogen and oxygen atoms in total. The van der Waals surface area contributed by atoms with Crippen LogP contribution in [0.15, 0.2) is 6.20 Å². The molecule has 0 fully saturated rings. The lowest BCUT2D eigenvalue weighted by Crippen LogP contribution is -2.39. The van der Waals surface area contributed by atoms with Gasteiger partial charge in [0.2, 0.25) is 5.91 Å².